The van der Waals surface area contributed by atoms with E-state index >= 15 is 0 Å². The number of amides is 1. The standard InChI is InChI=1S/C14H19ClN2O2.ClH/c1-17(2,3)9-4-5-10-19-14(18)16-13-8-6-7-12(15)11-13;/h4-8,11H,9-10H2,1-3H3;1H/b5-4+;. The first kappa shape index (κ1) is 18.8. The van der Waals surface area contributed by atoms with E-state index in [-0.39, 0.29) is 19.0 Å². The van der Waals surface area contributed by atoms with Gasteiger partial charge in [-0.2, -0.15) is 0 Å². The summed E-state index contributed by atoms with van der Waals surface area (Å²) in [7, 11) is 6.28. The molecule has 0 fully saturated rings. The van der Waals surface area contributed by atoms with Gasteiger partial charge in [-0.15, -0.1) is 0 Å². The van der Waals surface area contributed by atoms with Crippen LogP contribution in [0.2, 0.25) is 5.02 Å². The van der Waals surface area contributed by atoms with Crippen molar-refractivity contribution in [2.24, 2.45) is 0 Å². The van der Waals surface area contributed by atoms with E-state index in [1.54, 1.807) is 24.3 Å². The number of carbonyl (C=O) groups is 1. The molecule has 1 amide bonds. The van der Waals surface area contributed by atoms with Crippen molar-refractivity contribution in [1.29, 1.82) is 0 Å². The van der Waals surface area contributed by atoms with Gasteiger partial charge in [0.1, 0.15) is 6.61 Å². The number of hydrogen-bond acceptors (Lipinski definition) is 2. The molecule has 1 aromatic carbocycles. The van der Waals surface area contributed by atoms with Crippen molar-refractivity contribution >= 4 is 23.4 Å². The lowest BCUT2D eigenvalue weighted by atomic mass is 10.3. The summed E-state index contributed by atoms with van der Waals surface area (Å²) in [5.41, 5.74) is 0.618. The van der Waals surface area contributed by atoms with Gasteiger partial charge in [0.05, 0.1) is 27.7 Å². The van der Waals surface area contributed by atoms with Gasteiger partial charge in [-0.3, -0.25) is 5.32 Å². The van der Waals surface area contributed by atoms with Crippen LogP contribution < -0.4 is 17.7 Å². The summed E-state index contributed by atoms with van der Waals surface area (Å²) in [6, 6.07) is 6.92. The van der Waals surface area contributed by atoms with E-state index in [2.05, 4.69) is 26.5 Å². The molecule has 20 heavy (non-hydrogen) atoms. The lowest BCUT2D eigenvalue weighted by Crippen LogP contribution is -3.00. The molecule has 0 aliphatic heterocycles. The van der Waals surface area contributed by atoms with Crippen molar-refractivity contribution in [3.8, 4) is 0 Å². The minimum Gasteiger partial charge on any atom is -1.00 e. The van der Waals surface area contributed by atoms with Gasteiger partial charge in [-0.05, 0) is 30.4 Å². The molecule has 6 heteroatoms. The number of likely N-dealkylation sites (N-methyl/N-ethyl adjacent to an activating group) is 1. The maximum absolute atomic E-state index is 11.5. The molecular weight excluding hydrogens is 299 g/mol. The summed E-state index contributed by atoms with van der Waals surface area (Å²) in [6.45, 7) is 1.14. The first-order chi connectivity index (χ1) is 8.87. The van der Waals surface area contributed by atoms with Crippen molar-refractivity contribution in [2.45, 2.75) is 0 Å². The highest BCUT2D eigenvalue weighted by Crippen LogP contribution is 2.14. The fraction of sp³-hybridized carbons (Fsp3) is 0.357. The van der Waals surface area contributed by atoms with Crippen molar-refractivity contribution in [3.05, 3.63) is 41.4 Å². The Kier molecular flexibility index (Phi) is 8.30. The number of halogens is 2. The molecule has 0 spiro atoms. The number of benzene rings is 1. The van der Waals surface area contributed by atoms with Gasteiger partial charge in [-0.25, -0.2) is 4.79 Å². The highest BCUT2D eigenvalue weighted by molar-refractivity contribution is 6.30. The molecule has 1 N–H and O–H groups in total. The summed E-state index contributed by atoms with van der Waals surface area (Å²) in [5, 5.41) is 3.18. The average molecular weight is 319 g/mol. The fourth-order valence-corrected chi connectivity index (χ4v) is 1.49. The van der Waals surface area contributed by atoms with E-state index in [1.165, 1.54) is 0 Å². The third-order valence-electron chi connectivity index (χ3n) is 2.20. The molecule has 0 aliphatic carbocycles. The zero-order valence-corrected chi connectivity index (χ0v) is 13.4. The van der Waals surface area contributed by atoms with Crippen LogP contribution in [0.4, 0.5) is 10.5 Å². The molecule has 0 radical (unpaired) electrons. The molecule has 0 saturated heterocycles. The molecule has 0 saturated carbocycles. The van der Waals surface area contributed by atoms with Crippen molar-refractivity contribution in [3.63, 3.8) is 0 Å². The Labute approximate surface area is 131 Å². The molecule has 1 rings (SSSR count). The van der Waals surface area contributed by atoms with E-state index in [4.69, 9.17) is 16.3 Å². The van der Waals surface area contributed by atoms with Crippen LogP contribution in [0, 0.1) is 0 Å². The molecular formula is C14H20Cl2N2O2. The predicted octanol–water partition coefficient (Wildman–Crippen LogP) is 0.155. The molecule has 0 heterocycles. The minimum absolute atomic E-state index is 0. The van der Waals surface area contributed by atoms with Crippen LogP contribution in [0.15, 0.2) is 36.4 Å². The monoisotopic (exact) mass is 318 g/mol. The Morgan fingerprint density at radius 3 is 2.65 bits per heavy atom. The summed E-state index contributed by atoms with van der Waals surface area (Å²) in [6.07, 6.45) is 3.34. The van der Waals surface area contributed by atoms with Crippen LogP contribution >= 0.6 is 11.6 Å². The lowest BCUT2D eigenvalue weighted by Gasteiger charge is -2.21. The Morgan fingerprint density at radius 1 is 1.35 bits per heavy atom. The second-order valence-electron chi connectivity index (χ2n) is 5.18. The van der Waals surface area contributed by atoms with Crippen LogP contribution in [0.25, 0.3) is 0 Å². The highest BCUT2D eigenvalue weighted by atomic mass is 35.5. The van der Waals surface area contributed by atoms with Crippen LogP contribution in [-0.4, -0.2) is 44.9 Å². The van der Waals surface area contributed by atoms with Gasteiger partial charge in [0.2, 0.25) is 0 Å². The Hall–Kier alpha value is -1.23. The van der Waals surface area contributed by atoms with Crippen LogP contribution in [-0.2, 0) is 4.74 Å². The third-order valence-corrected chi connectivity index (χ3v) is 2.44. The molecule has 0 aromatic heterocycles. The van der Waals surface area contributed by atoms with Crippen molar-refractivity contribution in [2.75, 3.05) is 39.6 Å². The van der Waals surface area contributed by atoms with E-state index in [0.29, 0.717) is 10.7 Å². The summed E-state index contributed by atoms with van der Waals surface area (Å²) < 4.78 is 5.85. The Balaban J connectivity index is 0.00000361. The first-order valence-corrected chi connectivity index (χ1v) is 6.39. The molecule has 0 atom stereocenters. The van der Waals surface area contributed by atoms with Gasteiger partial charge < -0.3 is 21.6 Å². The molecule has 1 aromatic rings. The Bertz CT molecular complexity index is 457. The number of nitrogens with one attached hydrogen (secondary N) is 1. The topological polar surface area (TPSA) is 38.3 Å². The van der Waals surface area contributed by atoms with Crippen molar-refractivity contribution in [1.82, 2.24) is 0 Å². The maximum atomic E-state index is 11.5. The molecule has 0 unspecified atom stereocenters. The Morgan fingerprint density at radius 2 is 2.05 bits per heavy atom. The number of anilines is 1. The van der Waals surface area contributed by atoms with Gasteiger partial charge >= 0.3 is 6.09 Å². The van der Waals surface area contributed by atoms with Crippen LogP contribution in [0.3, 0.4) is 0 Å². The third kappa shape index (κ3) is 8.80. The second-order valence-corrected chi connectivity index (χ2v) is 5.61. The molecule has 0 bridgehead atoms. The number of nitrogens with zero attached hydrogens (tertiary/aromatic N) is 1. The molecule has 0 aliphatic rings. The zero-order chi connectivity index (χ0) is 14.3. The van der Waals surface area contributed by atoms with Gasteiger partial charge in [0.15, 0.2) is 0 Å². The van der Waals surface area contributed by atoms with Crippen LogP contribution in [0.1, 0.15) is 0 Å². The largest absolute Gasteiger partial charge is 1.00 e. The summed E-state index contributed by atoms with van der Waals surface area (Å²) in [4.78, 5) is 11.5. The summed E-state index contributed by atoms with van der Waals surface area (Å²) in [5.74, 6) is 0. The maximum Gasteiger partial charge on any atom is 0.411 e. The van der Waals surface area contributed by atoms with E-state index in [1.807, 2.05) is 12.2 Å². The minimum atomic E-state index is -0.489. The second kappa shape index (κ2) is 8.84. The predicted molar refractivity (Wildman–Crippen MR) is 78.5 cm³/mol. The van der Waals surface area contributed by atoms with Gasteiger partial charge in [0, 0.05) is 10.7 Å². The summed E-state index contributed by atoms with van der Waals surface area (Å²) >= 11 is 5.81. The molecule has 112 valence electrons. The number of rotatable bonds is 5. The van der Waals surface area contributed by atoms with E-state index < -0.39 is 6.09 Å². The highest BCUT2D eigenvalue weighted by Gasteiger charge is 2.03. The molecule has 4 nitrogen and oxygen atoms in total. The first-order valence-electron chi connectivity index (χ1n) is 6.01. The van der Waals surface area contributed by atoms with Crippen molar-refractivity contribution < 1.29 is 26.4 Å². The van der Waals surface area contributed by atoms with Crippen LogP contribution in [0.5, 0.6) is 0 Å². The number of quaternary nitrogens is 1. The van der Waals surface area contributed by atoms with Gasteiger partial charge in [-0.1, -0.05) is 17.7 Å². The quantitative estimate of drug-likeness (QED) is 0.620. The number of ether oxygens (including phenoxy) is 1. The van der Waals surface area contributed by atoms with E-state index in [9.17, 15) is 4.79 Å². The smallest absolute Gasteiger partial charge is 0.411 e. The number of carbonyl (C=O) groups excluding carboxylic acids is 1. The van der Waals surface area contributed by atoms with E-state index in [0.717, 1.165) is 11.0 Å². The zero-order valence-electron chi connectivity index (χ0n) is 11.9. The lowest BCUT2D eigenvalue weighted by molar-refractivity contribution is -0.864. The van der Waals surface area contributed by atoms with Gasteiger partial charge in [0.25, 0.3) is 0 Å². The fourth-order valence-electron chi connectivity index (χ4n) is 1.30. The number of hydrogen-bond donors (Lipinski definition) is 1. The normalized spacial score (nSPS) is 11.0. The average Bonchev–Trinajstić information content (AvgIpc) is 2.26. The SMILES string of the molecule is C[N+](C)(C)C/C=C/COC(=O)Nc1cccc(Cl)c1.[Cl-].